The van der Waals surface area contributed by atoms with Gasteiger partial charge in [-0.15, -0.1) is 0 Å². The minimum absolute atomic E-state index is 0.632. The van der Waals surface area contributed by atoms with Crippen LogP contribution in [0.4, 0.5) is 0 Å². The highest BCUT2D eigenvalue weighted by Gasteiger charge is 2.16. The van der Waals surface area contributed by atoms with Gasteiger partial charge in [0.15, 0.2) is 34.9 Å². The standard InChI is InChI=1S/C52H34N6/c1-5-15-37(16-6-1)47-53-48(38-17-7-2-8-18-38)56-51(55-47)41-29-25-35(26-30-41)43-33-34-44(46-24-14-13-23-45(43)46)36-27-31-42(32-28-36)52-57-49(39-19-9-3-10-20-39)54-50(58-52)40-21-11-4-12-22-40/h1-34H. The Bertz CT molecular complexity index is 2690. The number of aromatic nitrogens is 6. The lowest BCUT2D eigenvalue weighted by Gasteiger charge is -2.13. The zero-order valence-corrected chi connectivity index (χ0v) is 31.3. The Morgan fingerprint density at radius 3 is 0.638 bits per heavy atom. The number of fused-ring (bicyclic) bond motifs is 1. The quantitative estimate of drug-likeness (QED) is 0.154. The first kappa shape index (κ1) is 34.5. The molecular weight excluding hydrogens is 709 g/mol. The molecule has 272 valence electrons. The van der Waals surface area contributed by atoms with Crippen molar-refractivity contribution in [2.75, 3.05) is 0 Å². The van der Waals surface area contributed by atoms with Crippen LogP contribution < -0.4 is 0 Å². The minimum atomic E-state index is 0.632. The maximum atomic E-state index is 4.93. The molecule has 10 rings (SSSR count). The summed E-state index contributed by atoms with van der Waals surface area (Å²) in [6.07, 6.45) is 0. The minimum Gasteiger partial charge on any atom is -0.208 e. The van der Waals surface area contributed by atoms with E-state index in [1.807, 2.05) is 121 Å². The van der Waals surface area contributed by atoms with Crippen molar-refractivity contribution in [2.45, 2.75) is 0 Å². The zero-order chi connectivity index (χ0) is 38.7. The number of benzene rings is 8. The highest BCUT2D eigenvalue weighted by atomic mass is 15.0. The second-order valence-corrected chi connectivity index (χ2v) is 13.9. The van der Waals surface area contributed by atoms with Gasteiger partial charge in [0.1, 0.15) is 0 Å². The van der Waals surface area contributed by atoms with Gasteiger partial charge in [0.2, 0.25) is 0 Å². The highest BCUT2D eigenvalue weighted by molar-refractivity contribution is 6.05. The van der Waals surface area contributed by atoms with E-state index in [-0.39, 0.29) is 0 Å². The van der Waals surface area contributed by atoms with E-state index in [1.54, 1.807) is 0 Å². The SMILES string of the molecule is c1ccc(-c2nc(-c3ccccc3)nc(-c3ccc(-c4ccc(-c5ccc(-c6nc(-c7ccccc7)nc(-c7ccccc7)n6)cc5)c5ccccc45)cc3)n2)cc1. The Kier molecular flexibility index (Phi) is 9.10. The summed E-state index contributed by atoms with van der Waals surface area (Å²) in [5.41, 5.74) is 10.2. The van der Waals surface area contributed by atoms with Crippen molar-refractivity contribution in [1.82, 2.24) is 29.9 Å². The van der Waals surface area contributed by atoms with E-state index in [4.69, 9.17) is 29.9 Å². The Morgan fingerprint density at radius 2 is 0.379 bits per heavy atom. The van der Waals surface area contributed by atoms with Gasteiger partial charge in [-0.05, 0) is 33.0 Å². The Balaban J connectivity index is 0.983. The van der Waals surface area contributed by atoms with Crippen molar-refractivity contribution in [1.29, 1.82) is 0 Å². The number of hydrogen-bond donors (Lipinski definition) is 0. The Hall–Kier alpha value is -7.96. The van der Waals surface area contributed by atoms with Gasteiger partial charge in [0.05, 0.1) is 0 Å². The molecule has 0 amide bonds. The van der Waals surface area contributed by atoms with Gasteiger partial charge in [0, 0.05) is 33.4 Å². The Labute approximate surface area is 336 Å². The molecular formula is C52H34N6. The molecule has 10 aromatic rings. The molecule has 0 radical (unpaired) electrons. The second-order valence-electron chi connectivity index (χ2n) is 13.9. The third-order valence-electron chi connectivity index (χ3n) is 10.2. The lowest BCUT2D eigenvalue weighted by molar-refractivity contribution is 1.07. The first-order valence-corrected chi connectivity index (χ1v) is 19.2. The van der Waals surface area contributed by atoms with Gasteiger partial charge in [-0.1, -0.05) is 206 Å². The van der Waals surface area contributed by atoms with Crippen LogP contribution in [0.15, 0.2) is 206 Å². The predicted molar refractivity (Wildman–Crippen MR) is 234 cm³/mol. The first-order chi connectivity index (χ1) is 28.7. The highest BCUT2D eigenvalue weighted by Crippen LogP contribution is 2.37. The molecule has 0 bridgehead atoms. The van der Waals surface area contributed by atoms with Crippen LogP contribution in [0.25, 0.3) is 101 Å². The molecule has 0 saturated carbocycles. The fourth-order valence-corrected chi connectivity index (χ4v) is 7.28. The fraction of sp³-hybridized carbons (Fsp3) is 0. The topological polar surface area (TPSA) is 77.3 Å². The van der Waals surface area contributed by atoms with E-state index >= 15 is 0 Å². The molecule has 8 aromatic carbocycles. The zero-order valence-electron chi connectivity index (χ0n) is 31.3. The molecule has 0 aliphatic rings. The molecule has 2 aromatic heterocycles. The van der Waals surface area contributed by atoms with Crippen LogP contribution in [0, 0.1) is 0 Å². The van der Waals surface area contributed by atoms with E-state index in [9.17, 15) is 0 Å². The fourth-order valence-electron chi connectivity index (χ4n) is 7.28. The summed E-state index contributed by atoms with van der Waals surface area (Å²) in [5.74, 6) is 3.84. The van der Waals surface area contributed by atoms with E-state index < -0.39 is 0 Å². The number of hydrogen-bond acceptors (Lipinski definition) is 6. The van der Waals surface area contributed by atoms with Crippen molar-refractivity contribution in [3.8, 4) is 90.6 Å². The van der Waals surface area contributed by atoms with Crippen LogP contribution in [0.2, 0.25) is 0 Å². The maximum Gasteiger partial charge on any atom is 0.164 e. The number of nitrogens with zero attached hydrogens (tertiary/aromatic N) is 6. The van der Waals surface area contributed by atoms with Crippen LogP contribution in [0.3, 0.4) is 0 Å². The van der Waals surface area contributed by atoms with Gasteiger partial charge in [-0.2, -0.15) is 0 Å². The molecule has 0 atom stereocenters. The van der Waals surface area contributed by atoms with E-state index in [1.165, 1.54) is 10.8 Å². The molecule has 0 spiro atoms. The summed E-state index contributed by atoms with van der Waals surface area (Å²) in [4.78, 5) is 29.4. The maximum absolute atomic E-state index is 4.93. The summed E-state index contributed by atoms with van der Waals surface area (Å²) in [6, 6.07) is 70.3. The molecule has 6 nitrogen and oxygen atoms in total. The molecule has 0 aliphatic carbocycles. The van der Waals surface area contributed by atoms with Crippen molar-refractivity contribution < 1.29 is 0 Å². The van der Waals surface area contributed by atoms with Crippen LogP contribution in [-0.4, -0.2) is 29.9 Å². The normalized spacial score (nSPS) is 11.1. The summed E-state index contributed by atoms with van der Waals surface area (Å²) < 4.78 is 0. The molecule has 0 unspecified atom stereocenters. The first-order valence-electron chi connectivity index (χ1n) is 19.2. The van der Waals surface area contributed by atoms with Gasteiger partial charge in [-0.3, -0.25) is 0 Å². The van der Waals surface area contributed by atoms with Gasteiger partial charge in [0.25, 0.3) is 0 Å². The molecule has 0 fully saturated rings. The lowest BCUT2D eigenvalue weighted by atomic mass is 9.91. The van der Waals surface area contributed by atoms with Gasteiger partial charge < -0.3 is 0 Å². The van der Waals surface area contributed by atoms with Crippen LogP contribution in [0.1, 0.15) is 0 Å². The lowest BCUT2D eigenvalue weighted by Crippen LogP contribution is -2.00. The van der Waals surface area contributed by atoms with E-state index in [0.717, 1.165) is 55.6 Å². The third-order valence-corrected chi connectivity index (χ3v) is 10.2. The molecule has 0 N–H and O–H groups in total. The summed E-state index contributed by atoms with van der Waals surface area (Å²) in [7, 11) is 0. The molecule has 0 aliphatic heterocycles. The van der Waals surface area contributed by atoms with Crippen LogP contribution in [-0.2, 0) is 0 Å². The van der Waals surface area contributed by atoms with Gasteiger partial charge >= 0.3 is 0 Å². The average Bonchev–Trinajstić information content (AvgIpc) is 3.32. The largest absolute Gasteiger partial charge is 0.208 e. The average molecular weight is 743 g/mol. The molecule has 2 heterocycles. The van der Waals surface area contributed by atoms with E-state index in [0.29, 0.717) is 34.9 Å². The summed E-state index contributed by atoms with van der Waals surface area (Å²) >= 11 is 0. The second kappa shape index (κ2) is 15.3. The van der Waals surface area contributed by atoms with Gasteiger partial charge in [-0.25, -0.2) is 29.9 Å². The van der Waals surface area contributed by atoms with E-state index in [2.05, 4.69) is 84.9 Å². The molecule has 58 heavy (non-hydrogen) atoms. The van der Waals surface area contributed by atoms with Crippen molar-refractivity contribution in [3.63, 3.8) is 0 Å². The third kappa shape index (κ3) is 6.91. The van der Waals surface area contributed by atoms with Crippen LogP contribution in [0.5, 0.6) is 0 Å². The summed E-state index contributed by atoms with van der Waals surface area (Å²) in [6.45, 7) is 0. The Morgan fingerprint density at radius 1 is 0.172 bits per heavy atom. The van der Waals surface area contributed by atoms with Crippen LogP contribution >= 0.6 is 0 Å². The van der Waals surface area contributed by atoms with Crippen molar-refractivity contribution in [3.05, 3.63) is 206 Å². The number of rotatable bonds is 8. The smallest absolute Gasteiger partial charge is 0.164 e. The predicted octanol–water partition coefficient (Wildman–Crippen LogP) is 12.5. The monoisotopic (exact) mass is 742 g/mol. The molecule has 0 saturated heterocycles. The summed E-state index contributed by atoms with van der Waals surface area (Å²) in [5, 5.41) is 2.35. The molecule has 6 heteroatoms. The van der Waals surface area contributed by atoms with Crippen molar-refractivity contribution in [2.24, 2.45) is 0 Å². The van der Waals surface area contributed by atoms with Crippen molar-refractivity contribution >= 4 is 10.8 Å².